The van der Waals surface area contributed by atoms with Crippen molar-refractivity contribution >= 4 is 11.5 Å². The molecular weight excluding hydrogens is 188 g/mol. The van der Waals surface area contributed by atoms with Gasteiger partial charge in [-0.3, -0.25) is 4.79 Å². The predicted octanol–water partition coefficient (Wildman–Crippen LogP) is 2.80. The van der Waals surface area contributed by atoms with Gasteiger partial charge in [0.25, 0.3) is 0 Å². The average Bonchev–Trinajstić information content (AvgIpc) is 2.19. The molecule has 1 aromatic carbocycles. The highest BCUT2D eigenvalue weighted by Crippen LogP contribution is 2.30. The maximum atomic E-state index is 10.7. The molecule has 0 saturated carbocycles. The van der Waals surface area contributed by atoms with E-state index in [0.29, 0.717) is 0 Å². The zero-order valence-corrected chi connectivity index (χ0v) is 8.79. The lowest BCUT2D eigenvalue weighted by Gasteiger charge is -2.18. The lowest BCUT2D eigenvalue weighted by molar-refractivity contribution is -0.135. The molecule has 78 valence electrons. The van der Waals surface area contributed by atoms with E-state index in [1.807, 2.05) is 12.1 Å². The van der Waals surface area contributed by atoms with Gasteiger partial charge in [-0.15, -0.1) is 0 Å². The van der Waals surface area contributed by atoms with Crippen LogP contribution in [0.2, 0.25) is 0 Å². The van der Waals surface area contributed by atoms with Gasteiger partial charge in [0, 0.05) is 0 Å². The van der Waals surface area contributed by atoms with Crippen molar-refractivity contribution in [2.75, 3.05) is 0 Å². The van der Waals surface area contributed by atoms with E-state index in [4.69, 9.17) is 5.11 Å². The lowest BCUT2D eigenvalue weighted by atomic mass is 9.87. The molecule has 0 radical (unpaired) electrons. The molecule has 0 unspecified atom stereocenters. The Morgan fingerprint density at radius 2 is 2.27 bits per heavy atom. The number of hydrogen-bond donors (Lipinski definition) is 1. The van der Waals surface area contributed by atoms with E-state index in [2.05, 4.69) is 19.1 Å². The quantitative estimate of drug-likeness (QED) is 0.800. The van der Waals surface area contributed by atoms with Gasteiger partial charge < -0.3 is 5.11 Å². The van der Waals surface area contributed by atoms with Gasteiger partial charge in [0.05, 0.1) is 6.42 Å². The van der Waals surface area contributed by atoms with E-state index in [1.165, 1.54) is 11.1 Å². The van der Waals surface area contributed by atoms with Gasteiger partial charge in [0.1, 0.15) is 0 Å². The molecular formula is C13H14O2. The van der Waals surface area contributed by atoms with Crippen LogP contribution in [0.15, 0.2) is 24.3 Å². The van der Waals surface area contributed by atoms with Crippen molar-refractivity contribution < 1.29 is 9.90 Å². The zero-order chi connectivity index (χ0) is 10.8. The molecule has 0 amide bonds. The van der Waals surface area contributed by atoms with Gasteiger partial charge in [-0.25, -0.2) is 0 Å². The summed E-state index contributed by atoms with van der Waals surface area (Å²) >= 11 is 0. The third-order valence-corrected chi connectivity index (χ3v) is 2.88. The summed E-state index contributed by atoms with van der Waals surface area (Å²) in [5, 5.41) is 8.82. The smallest absolute Gasteiger partial charge is 0.307 e. The van der Waals surface area contributed by atoms with Crippen molar-refractivity contribution in [2.24, 2.45) is 0 Å². The average molecular weight is 202 g/mol. The van der Waals surface area contributed by atoms with Crippen molar-refractivity contribution in [1.82, 2.24) is 0 Å². The Hall–Kier alpha value is -1.57. The fourth-order valence-electron chi connectivity index (χ4n) is 2.17. The molecule has 1 aliphatic rings. The van der Waals surface area contributed by atoms with Crippen LogP contribution in [0.4, 0.5) is 0 Å². The highest BCUT2D eigenvalue weighted by molar-refractivity contribution is 5.85. The second-order valence-electron chi connectivity index (χ2n) is 3.94. The normalized spacial score (nSPS) is 14.3. The number of allylic oxidation sites excluding steroid dienone is 1. The molecule has 0 bridgehead atoms. The van der Waals surface area contributed by atoms with Crippen molar-refractivity contribution in [3.8, 4) is 0 Å². The SMILES string of the molecule is Cc1cccc2c1CCC=C2CC(=O)O. The van der Waals surface area contributed by atoms with Crippen LogP contribution in [0.5, 0.6) is 0 Å². The fourth-order valence-corrected chi connectivity index (χ4v) is 2.17. The Balaban J connectivity index is 2.42. The van der Waals surface area contributed by atoms with E-state index in [-0.39, 0.29) is 6.42 Å². The van der Waals surface area contributed by atoms with Gasteiger partial charge in [0.2, 0.25) is 0 Å². The molecule has 0 aliphatic heterocycles. The van der Waals surface area contributed by atoms with Gasteiger partial charge in [0.15, 0.2) is 0 Å². The van der Waals surface area contributed by atoms with E-state index in [9.17, 15) is 4.79 Å². The summed E-state index contributed by atoms with van der Waals surface area (Å²) in [4.78, 5) is 10.7. The maximum Gasteiger partial charge on any atom is 0.307 e. The minimum absolute atomic E-state index is 0.135. The molecule has 0 heterocycles. The number of rotatable bonds is 2. The van der Waals surface area contributed by atoms with Crippen LogP contribution in [0.1, 0.15) is 29.5 Å². The number of fused-ring (bicyclic) bond motifs is 1. The predicted molar refractivity (Wildman–Crippen MR) is 59.7 cm³/mol. The van der Waals surface area contributed by atoms with E-state index in [0.717, 1.165) is 24.0 Å². The molecule has 0 saturated heterocycles. The number of carboxylic acids is 1. The first-order valence-electron chi connectivity index (χ1n) is 5.18. The second-order valence-corrected chi connectivity index (χ2v) is 3.94. The van der Waals surface area contributed by atoms with Crippen LogP contribution >= 0.6 is 0 Å². The van der Waals surface area contributed by atoms with Crippen molar-refractivity contribution in [1.29, 1.82) is 0 Å². The molecule has 1 N–H and O–H groups in total. The number of carboxylic acid groups (broad SMARTS) is 1. The topological polar surface area (TPSA) is 37.3 Å². The van der Waals surface area contributed by atoms with Gasteiger partial charge in [-0.1, -0.05) is 24.3 Å². The molecule has 15 heavy (non-hydrogen) atoms. The number of hydrogen-bond acceptors (Lipinski definition) is 1. The first-order chi connectivity index (χ1) is 7.18. The summed E-state index contributed by atoms with van der Waals surface area (Å²) in [7, 11) is 0. The Morgan fingerprint density at radius 1 is 1.47 bits per heavy atom. The van der Waals surface area contributed by atoms with Crippen LogP contribution in [0, 0.1) is 6.92 Å². The molecule has 0 fully saturated rings. The summed E-state index contributed by atoms with van der Waals surface area (Å²) in [5.74, 6) is -0.754. The van der Waals surface area contributed by atoms with E-state index in [1.54, 1.807) is 0 Å². The van der Waals surface area contributed by atoms with E-state index < -0.39 is 5.97 Å². The first-order valence-corrected chi connectivity index (χ1v) is 5.18. The van der Waals surface area contributed by atoms with Gasteiger partial charge in [-0.05, 0) is 42.0 Å². The Labute approximate surface area is 89.2 Å². The van der Waals surface area contributed by atoms with Crippen molar-refractivity contribution in [2.45, 2.75) is 26.2 Å². The summed E-state index contributed by atoms with van der Waals surface area (Å²) in [6, 6.07) is 6.11. The molecule has 1 aromatic rings. The molecule has 0 spiro atoms. The maximum absolute atomic E-state index is 10.7. The highest BCUT2D eigenvalue weighted by atomic mass is 16.4. The van der Waals surface area contributed by atoms with Crippen LogP contribution in [-0.4, -0.2) is 11.1 Å². The first kappa shape index (κ1) is 9.97. The highest BCUT2D eigenvalue weighted by Gasteiger charge is 2.15. The van der Waals surface area contributed by atoms with Gasteiger partial charge >= 0.3 is 5.97 Å². The third kappa shape index (κ3) is 1.94. The van der Waals surface area contributed by atoms with Crippen LogP contribution in [0.3, 0.4) is 0 Å². The van der Waals surface area contributed by atoms with Crippen LogP contribution in [-0.2, 0) is 11.2 Å². The molecule has 2 rings (SSSR count). The standard InChI is InChI=1S/C13H14O2/c1-9-4-2-7-12-10(8-13(14)15)5-3-6-11(9)12/h2,4-5,7H,3,6,8H2,1H3,(H,14,15). The monoisotopic (exact) mass is 202 g/mol. The van der Waals surface area contributed by atoms with E-state index >= 15 is 0 Å². The summed E-state index contributed by atoms with van der Waals surface area (Å²) in [6.07, 6.45) is 4.18. The number of aliphatic carboxylic acids is 1. The molecule has 2 heteroatoms. The number of carbonyl (C=O) groups is 1. The minimum atomic E-state index is -0.754. The number of benzene rings is 1. The Bertz CT molecular complexity index is 430. The second kappa shape index (κ2) is 3.89. The van der Waals surface area contributed by atoms with Crippen LogP contribution in [0.25, 0.3) is 5.57 Å². The lowest BCUT2D eigenvalue weighted by Crippen LogP contribution is -2.05. The van der Waals surface area contributed by atoms with Crippen LogP contribution < -0.4 is 0 Å². The Kier molecular flexibility index (Phi) is 2.58. The molecule has 2 nitrogen and oxygen atoms in total. The molecule has 0 atom stereocenters. The minimum Gasteiger partial charge on any atom is -0.481 e. The van der Waals surface area contributed by atoms with Crippen molar-refractivity contribution in [3.05, 3.63) is 41.0 Å². The van der Waals surface area contributed by atoms with Crippen molar-refractivity contribution in [3.63, 3.8) is 0 Å². The van der Waals surface area contributed by atoms with Gasteiger partial charge in [-0.2, -0.15) is 0 Å². The largest absolute Gasteiger partial charge is 0.481 e. The third-order valence-electron chi connectivity index (χ3n) is 2.88. The molecule has 1 aliphatic carbocycles. The zero-order valence-electron chi connectivity index (χ0n) is 8.79. The Morgan fingerprint density at radius 3 is 3.00 bits per heavy atom. The fraction of sp³-hybridized carbons (Fsp3) is 0.308. The summed E-state index contributed by atoms with van der Waals surface area (Å²) in [5.41, 5.74) is 4.68. The summed E-state index contributed by atoms with van der Waals surface area (Å²) < 4.78 is 0. The summed E-state index contributed by atoms with van der Waals surface area (Å²) in [6.45, 7) is 2.09. The number of aryl methyl sites for hydroxylation is 1. The molecule has 0 aromatic heterocycles.